The number of esters is 2. The number of allylic oxidation sites excluding steroid dienone is 1. The summed E-state index contributed by atoms with van der Waals surface area (Å²) in [4.78, 5) is 51.1. The number of aliphatic hydroxyl groups excluding tert-OH is 1. The van der Waals surface area contributed by atoms with Crippen LogP contribution in [0.3, 0.4) is 0 Å². The third-order valence-corrected chi connectivity index (χ3v) is 6.11. The molecule has 182 valence electrons. The average Bonchev–Trinajstić information content (AvgIpc) is 2.71. The number of carbonyl (C=O) groups excluding carboxylic acids is 4. The number of carbonyl (C=O) groups is 4. The molecule has 2 aliphatic carbocycles. The summed E-state index contributed by atoms with van der Waals surface area (Å²) in [7, 11) is 3.65. The van der Waals surface area contributed by atoms with Crippen molar-refractivity contribution in [2.24, 2.45) is 11.7 Å². The van der Waals surface area contributed by atoms with E-state index in [0.29, 0.717) is 17.5 Å². The Balaban J connectivity index is 2.01. The summed E-state index contributed by atoms with van der Waals surface area (Å²) in [5, 5.41) is 21.8. The topological polar surface area (TPSA) is 156 Å². The number of benzene rings is 2. The number of hydrogen-bond acceptors (Lipinski definition) is 9. The van der Waals surface area contributed by atoms with Gasteiger partial charge in [0.05, 0.1) is 11.1 Å². The van der Waals surface area contributed by atoms with Crippen LogP contribution in [0, 0.1) is 5.92 Å². The smallest absolute Gasteiger partial charge is 0.308 e. The first-order valence-corrected chi connectivity index (χ1v) is 10.8. The number of aliphatic hydroxyl groups is 1. The molecule has 1 amide bonds. The Bertz CT molecular complexity index is 1360. The Labute approximate surface area is 200 Å². The van der Waals surface area contributed by atoms with Crippen molar-refractivity contribution in [1.82, 2.24) is 0 Å². The van der Waals surface area contributed by atoms with Gasteiger partial charge in [-0.3, -0.25) is 19.2 Å². The quantitative estimate of drug-likeness (QED) is 0.441. The molecule has 0 spiro atoms. The molecule has 1 unspecified atom stereocenters. The van der Waals surface area contributed by atoms with Crippen molar-refractivity contribution in [3.05, 3.63) is 51.6 Å². The van der Waals surface area contributed by atoms with Gasteiger partial charge in [0.25, 0.3) is 5.91 Å². The van der Waals surface area contributed by atoms with E-state index in [1.807, 2.05) is 19.0 Å². The van der Waals surface area contributed by atoms with Gasteiger partial charge < -0.3 is 30.3 Å². The molecule has 10 nitrogen and oxygen atoms in total. The monoisotopic (exact) mass is 480 g/mol. The molecule has 0 fully saturated rings. The molecule has 35 heavy (non-hydrogen) atoms. The first-order valence-electron chi connectivity index (χ1n) is 10.8. The van der Waals surface area contributed by atoms with Gasteiger partial charge in [-0.25, -0.2) is 0 Å². The average molecular weight is 480 g/mol. The summed E-state index contributed by atoms with van der Waals surface area (Å²) >= 11 is 0. The molecule has 0 bridgehead atoms. The van der Waals surface area contributed by atoms with E-state index in [-0.39, 0.29) is 34.6 Å². The van der Waals surface area contributed by atoms with Gasteiger partial charge in [0.1, 0.15) is 22.8 Å². The van der Waals surface area contributed by atoms with Crippen LogP contribution >= 0.6 is 0 Å². The van der Waals surface area contributed by atoms with Crippen LogP contribution in [0.5, 0.6) is 17.2 Å². The lowest BCUT2D eigenvalue weighted by Crippen LogP contribution is -2.32. The minimum absolute atomic E-state index is 0.0313. The Morgan fingerprint density at radius 3 is 2.26 bits per heavy atom. The van der Waals surface area contributed by atoms with Gasteiger partial charge in [-0.2, -0.15) is 0 Å². The zero-order valence-corrected chi connectivity index (χ0v) is 19.6. The highest BCUT2D eigenvalue weighted by Gasteiger charge is 2.42. The number of ether oxygens (including phenoxy) is 2. The molecule has 2 aromatic carbocycles. The van der Waals surface area contributed by atoms with Gasteiger partial charge in [-0.15, -0.1) is 0 Å². The molecule has 0 aliphatic heterocycles. The number of aromatic hydroxyl groups is 1. The normalized spacial score (nSPS) is 16.1. The predicted molar refractivity (Wildman–Crippen MR) is 125 cm³/mol. The fraction of sp³-hybridized carbons (Fsp3) is 0.280. The van der Waals surface area contributed by atoms with Crippen molar-refractivity contribution < 1.29 is 38.9 Å². The molecule has 0 aromatic heterocycles. The predicted octanol–water partition coefficient (Wildman–Crippen LogP) is 2.29. The highest BCUT2D eigenvalue weighted by Crippen LogP contribution is 2.49. The molecule has 0 saturated heterocycles. The Kier molecular flexibility index (Phi) is 5.75. The van der Waals surface area contributed by atoms with E-state index in [0.717, 1.165) is 12.6 Å². The Hall–Kier alpha value is -4.34. The second-order valence-corrected chi connectivity index (χ2v) is 8.71. The fourth-order valence-corrected chi connectivity index (χ4v) is 4.87. The number of Topliss-reactive ketones (excluding diaryl/α,β-unsaturated/α-hetero) is 1. The van der Waals surface area contributed by atoms with Crippen LogP contribution in [-0.2, 0) is 22.4 Å². The number of fused-ring (bicyclic) bond motifs is 3. The van der Waals surface area contributed by atoms with E-state index in [1.54, 1.807) is 12.1 Å². The number of phenols is 1. The molecule has 0 radical (unpaired) electrons. The molecule has 2 aliphatic rings. The number of rotatable bonds is 4. The van der Waals surface area contributed by atoms with Crippen molar-refractivity contribution in [3.63, 3.8) is 0 Å². The SMILES string of the molecule is CC(=O)Oc1ccc(N(C)C)c2c1C(O)=C1C(=O)c3c(cc(O)c(C(N)=O)c3OC(C)=O)CC1C2. The van der Waals surface area contributed by atoms with Crippen molar-refractivity contribution >= 4 is 35.1 Å². The zero-order chi connectivity index (χ0) is 25.8. The third kappa shape index (κ3) is 3.86. The number of hydrogen-bond donors (Lipinski definition) is 3. The maximum Gasteiger partial charge on any atom is 0.308 e. The lowest BCUT2D eigenvalue weighted by atomic mass is 9.70. The maximum atomic E-state index is 13.8. The number of anilines is 1. The summed E-state index contributed by atoms with van der Waals surface area (Å²) in [6.07, 6.45) is 0.523. The van der Waals surface area contributed by atoms with E-state index in [2.05, 4.69) is 0 Å². The Morgan fingerprint density at radius 2 is 1.69 bits per heavy atom. The van der Waals surface area contributed by atoms with Crippen molar-refractivity contribution in [2.75, 3.05) is 19.0 Å². The molecular formula is C25H24N2O8. The Morgan fingerprint density at radius 1 is 1.03 bits per heavy atom. The number of ketones is 1. The zero-order valence-electron chi connectivity index (χ0n) is 19.6. The summed E-state index contributed by atoms with van der Waals surface area (Å²) in [6.45, 7) is 2.31. The highest BCUT2D eigenvalue weighted by atomic mass is 16.5. The van der Waals surface area contributed by atoms with Crippen LogP contribution in [0.2, 0.25) is 0 Å². The van der Waals surface area contributed by atoms with Crippen LogP contribution in [0.1, 0.15) is 51.3 Å². The van der Waals surface area contributed by atoms with Crippen molar-refractivity contribution in [2.45, 2.75) is 26.7 Å². The van der Waals surface area contributed by atoms with E-state index in [4.69, 9.17) is 15.2 Å². The number of nitrogens with zero attached hydrogens (tertiary/aromatic N) is 1. The largest absolute Gasteiger partial charge is 0.507 e. The lowest BCUT2D eigenvalue weighted by Gasteiger charge is -2.35. The number of primary amides is 1. The summed E-state index contributed by atoms with van der Waals surface area (Å²) in [5.74, 6) is -4.90. The molecule has 10 heteroatoms. The summed E-state index contributed by atoms with van der Waals surface area (Å²) in [6, 6.07) is 4.56. The number of amides is 1. The molecule has 2 aromatic rings. The lowest BCUT2D eigenvalue weighted by molar-refractivity contribution is -0.132. The van der Waals surface area contributed by atoms with E-state index in [9.17, 15) is 29.4 Å². The summed E-state index contributed by atoms with van der Waals surface area (Å²) < 4.78 is 10.5. The molecule has 4 N–H and O–H groups in total. The van der Waals surface area contributed by atoms with Gasteiger partial charge in [0.2, 0.25) is 0 Å². The van der Waals surface area contributed by atoms with E-state index < -0.39 is 46.6 Å². The molecule has 0 saturated carbocycles. The highest BCUT2D eigenvalue weighted by molar-refractivity contribution is 6.19. The first kappa shape index (κ1) is 23.8. The first-order chi connectivity index (χ1) is 16.4. The second-order valence-electron chi connectivity index (χ2n) is 8.71. The van der Waals surface area contributed by atoms with Crippen molar-refractivity contribution in [3.8, 4) is 17.2 Å². The van der Waals surface area contributed by atoms with Gasteiger partial charge >= 0.3 is 11.9 Å². The summed E-state index contributed by atoms with van der Waals surface area (Å²) in [5.41, 5.74) is 6.81. The van der Waals surface area contributed by atoms with Gasteiger partial charge in [0, 0.05) is 39.2 Å². The van der Waals surface area contributed by atoms with E-state index in [1.165, 1.54) is 13.0 Å². The van der Waals surface area contributed by atoms with Gasteiger partial charge in [-0.05, 0) is 48.1 Å². The maximum absolute atomic E-state index is 13.8. The molecule has 4 rings (SSSR count). The minimum Gasteiger partial charge on any atom is -0.507 e. The van der Waals surface area contributed by atoms with Crippen LogP contribution in [0.25, 0.3) is 5.76 Å². The minimum atomic E-state index is -1.09. The second kappa shape index (κ2) is 8.46. The van der Waals surface area contributed by atoms with Crippen LogP contribution in [-0.4, -0.2) is 47.9 Å². The molecule has 1 atom stereocenters. The van der Waals surface area contributed by atoms with Gasteiger partial charge in [-0.1, -0.05) is 0 Å². The number of nitrogens with two attached hydrogens (primary N) is 1. The van der Waals surface area contributed by atoms with Crippen LogP contribution in [0.4, 0.5) is 5.69 Å². The van der Waals surface area contributed by atoms with Gasteiger partial charge in [0.15, 0.2) is 11.5 Å². The molecular weight excluding hydrogens is 456 g/mol. The van der Waals surface area contributed by atoms with E-state index >= 15 is 0 Å². The molecule has 0 heterocycles. The van der Waals surface area contributed by atoms with Crippen LogP contribution < -0.4 is 20.1 Å². The third-order valence-electron chi connectivity index (χ3n) is 6.11. The van der Waals surface area contributed by atoms with Crippen molar-refractivity contribution in [1.29, 1.82) is 0 Å². The fourth-order valence-electron chi connectivity index (χ4n) is 4.87. The standard InChI is InChI=1S/C25H24N2O8/c1-10(28)34-17-6-5-15(27(3)4)14-8-12-7-13-9-16(30)21(25(26)33)24(35-11(2)29)19(13)22(31)18(12)23(32)20(14)17/h5-6,9,12,30,32H,7-8H2,1-4H3,(H2,26,33). The van der Waals surface area contributed by atoms with Crippen LogP contribution in [0.15, 0.2) is 23.8 Å².